The van der Waals surface area contributed by atoms with Crippen LogP contribution in [-0.2, 0) is 11.3 Å². The Hall–Kier alpha value is -1.32. The van der Waals surface area contributed by atoms with Crippen molar-refractivity contribution in [2.75, 3.05) is 13.2 Å². The van der Waals surface area contributed by atoms with E-state index < -0.39 is 0 Å². The normalized spacial score (nSPS) is 13.1. The molecule has 2 rings (SSSR count). The van der Waals surface area contributed by atoms with Crippen molar-refractivity contribution in [2.45, 2.75) is 33.4 Å². The van der Waals surface area contributed by atoms with E-state index >= 15 is 0 Å². The van der Waals surface area contributed by atoms with Crippen LogP contribution in [0.5, 0.6) is 0 Å². The number of fused-ring (bicyclic) bond motifs is 1. The molecule has 0 saturated heterocycles. The van der Waals surface area contributed by atoms with Crippen LogP contribution >= 0.6 is 0 Å². The van der Waals surface area contributed by atoms with E-state index in [2.05, 4.69) is 18.3 Å². The minimum absolute atomic E-state index is 0.345. The van der Waals surface area contributed by atoms with Crippen molar-refractivity contribution in [3.05, 3.63) is 35.6 Å². The molecule has 0 aliphatic heterocycles. The average molecular weight is 247 g/mol. The van der Waals surface area contributed by atoms with E-state index in [0.717, 1.165) is 31.1 Å². The molecule has 3 nitrogen and oxygen atoms in total. The molecule has 0 aliphatic rings. The molecule has 3 heteroatoms. The number of hydrogen-bond donors (Lipinski definition) is 1. The molecule has 1 N–H and O–H groups in total. The molecule has 0 spiro atoms. The van der Waals surface area contributed by atoms with E-state index in [4.69, 9.17) is 9.15 Å². The van der Waals surface area contributed by atoms with Gasteiger partial charge in [-0.05, 0) is 26.8 Å². The highest BCUT2D eigenvalue weighted by Crippen LogP contribution is 2.24. The van der Waals surface area contributed by atoms with E-state index in [0.29, 0.717) is 6.04 Å². The Balaban J connectivity index is 2.05. The van der Waals surface area contributed by atoms with Gasteiger partial charge in [0.1, 0.15) is 11.3 Å². The summed E-state index contributed by atoms with van der Waals surface area (Å²) in [7, 11) is 0. The van der Waals surface area contributed by atoms with Crippen molar-refractivity contribution < 1.29 is 9.15 Å². The number of ether oxygens (including phenoxy) is 1. The monoisotopic (exact) mass is 247 g/mol. The van der Waals surface area contributed by atoms with Gasteiger partial charge in [-0.1, -0.05) is 18.2 Å². The third-order valence-electron chi connectivity index (χ3n) is 3.10. The van der Waals surface area contributed by atoms with Gasteiger partial charge in [0.25, 0.3) is 0 Å². The maximum absolute atomic E-state index is 5.74. The molecular formula is C15H21NO2. The summed E-state index contributed by atoms with van der Waals surface area (Å²) in [5.74, 6) is 0.993. The van der Waals surface area contributed by atoms with Crippen LogP contribution in [0.15, 0.2) is 28.7 Å². The van der Waals surface area contributed by atoms with E-state index in [1.807, 2.05) is 32.0 Å². The zero-order chi connectivity index (χ0) is 13.0. The molecule has 18 heavy (non-hydrogen) atoms. The predicted octanol–water partition coefficient (Wildman–Crippen LogP) is 3.26. The standard InChI is InChI=1S/C15H21NO2/c1-4-17-10-11(2)16-9-14-12(3)18-15-8-6-5-7-13(14)15/h5-8,11,16H,4,9-10H2,1-3H3. The van der Waals surface area contributed by atoms with Gasteiger partial charge in [-0.2, -0.15) is 0 Å². The number of benzene rings is 1. The van der Waals surface area contributed by atoms with Gasteiger partial charge in [-0.15, -0.1) is 0 Å². The Morgan fingerprint density at radius 3 is 2.89 bits per heavy atom. The molecule has 1 aromatic carbocycles. The number of para-hydroxylation sites is 1. The molecular weight excluding hydrogens is 226 g/mol. The van der Waals surface area contributed by atoms with Crippen molar-refractivity contribution >= 4 is 11.0 Å². The van der Waals surface area contributed by atoms with Crippen LogP contribution < -0.4 is 5.32 Å². The zero-order valence-corrected chi connectivity index (χ0v) is 11.3. The first-order valence-corrected chi connectivity index (χ1v) is 6.50. The van der Waals surface area contributed by atoms with E-state index in [-0.39, 0.29) is 0 Å². The Morgan fingerprint density at radius 2 is 2.11 bits per heavy atom. The summed E-state index contributed by atoms with van der Waals surface area (Å²) in [6, 6.07) is 8.51. The number of hydrogen-bond acceptors (Lipinski definition) is 3. The maximum Gasteiger partial charge on any atom is 0.134 e. The quantitative estimate of drug-likeness (QED) is 0.850. The first-order chi connectivity index (χ1) is 8.72. The highest BCUT2D eigenvalue weighted by Gasteiger charge is 2.11. The molecule has 2 aromatic rings. The second-order valence-electron chi connectivity index (χ2n) is 4.57. The summed E-state index contributed by atoms with van der Waals surface area (Å²) in [6.45, 7) is 8.49. The molecule has 0 bridgehead atoms. The van der Waals surface area contributed by atoms with Crippen LogP contribution in [0.4, 0.5) is 0 Å². The molecule has 0 fully saturated rings. The van der Waals surface area contributed by atoms with Crippen LogP contribution in [0.2, 0.25) is 0 Å². The number of nitrogens with one attached hydrogen (secondary N) is 1. The third kappa shape index (κ3) is 2.92. The lowest BCUT2D eigenvalue weighted by Gasteiger charge is -2.13. The molecule has 98 valence electrons. The number of rotatable bonds is 6. The Bertz CT molecular complexity index is 504. The predicted molar refractivity (Wildman–Crippen MR) is 73.7 cm³/mol. The van der Waals surface area contributed by atoms with Gasteiger partial charge in [0.05, 0.1) is 6.61 Å². The highest BCUT2D eigenvalue weighted by molar-refractivity contribution is 5.82. The van der Waals surface area contributed by atoms with Crippen molar-refractivity contribution in [2.24, 2.45) is 0 Å². The molecule has 1 heterocycles. The molecule has 0 amide bonds. The minimum atomic E-state index is 0.345. The van der Waals surface area contributed by atoms with Crippen LogP contribution in [0, 0.1) is 6.92 Å². The number of furan rings is 1. The Kier molecular flexibility index (Phi) is 4.39. The van der Waals surface area contributed by atoms with E-state index in [9.17, 15) is 0 Å². The molecule has 0 radical (unpaired) electrons. The SMILES string of the molecule is CCOCC(C)NCc1c(C)oc2ccccc12. The van der Waals surface area contributed by atoms with Gasteiger partial charge in [-0.25, -0.2) is 0 Å². The molecule has 0 aliphatic carbocycles. The van der Waals surface area contributed by atoms with Gasteiger partial charge in [0.2, 0.25) is 0 Å². The van der Waals surface area contributed by atoms with E-state index in [1.165, 1.54) is 10.9 Å². The summed E-state index contributed by atoms with van der Waals surface area (Å²) < 4.78 is 11.1. The number of aryl methyl sites for hydroxylation is 1. The molecule has 1 atom stereocenters. The fourth-order valence-corrected chi connectivity index (χ4v) is 2.07. The smallest absolute Gasteiger partial charge is 0.134 e. The fraction of sp³-hybridized carbons (Fsp3) is 0.467. The highest BCUT2D eigenvalue weighted by atomic mass is 16.5. The summed E-state index contributed by atoms with van der Waals surface area (Å²) in [6.07, 6.45) is 0. The van der Waals surface area contributed by atoms with Gasteiger partial charge < -0.3 is 14.5 Å². The van der Waals surface area contributed by atoms with Gasteiger partial charge in [0.15, 0.2) is 0 Å². The average Bonchev–Trinajstić information content (AvgIpc) is 2.69. The molecule has 0 saturated carbocycles. The van der Waals surface area contributed by atoms with Gasteiger partial charge >= 0.3 is 0 Å². The van der Waals surface area contributed by atoms with Crippen molar-refractivity contribution in [3.8, 4) is 0 Å². The first kappa shape index (κ1) is 13.1. The Labute approximate surface area is 108 Å². The second-order valence-corrected chi connectivity index (χ2v) is 4.57. The molecule has 1 aromatic heterocycles. The van der Waals surface area contributed by atoms with Gasteiger partial charge in [0, 0.05) is 30.1 Å². The maximum atomic E-state index is 5.74. The lowest BCUT2D eigenvalue weighted by molar-refractivity contribution is 0.127. The van der Waals surface area contributed by atoms with Crippen LogP contribution in [-0.4, -0.2) is 19.3 Å². The largest absolute Gasteiger partial charge is 0.461 e. The van der Waals surface area contributed by atoms with Gasteiger partial charge in [-0.3, -0.25) is 0 Å². The van der Waals surface area contributed by atoms with E-state index in [1.54, 1.807) is 0 Å². The molecule has 1 unspecified atom stereocenters. The zero-order valence-electron chi connectivity index (χ0n) is 11.3. The Morgan fingerprint density at radius 1 is 1.33 bits per heavy atom. The lowest BCUT2D eigenvalue weighted by Crippen LogP contribution is -2.30. The fourth-order valence-electron chi connectivity index (χ4n) is 2.07. The third-order valence-corrected chi connectivity index (χ3v) is 3.10. The topological polar surface area (TPSA) is 34.4 Å². The summed E-state index contributed by atoms with van der Waals surface area (Å²) in [5, 5.41) is 4.67. The van der Waals surface area contributed by atoms with Crippen LogP contribution in [0.25, 0.3) is 11.0 Å². The minimum Gasteiger partial charge on any atom is -0.461 e. The summed E-state index contributed by atoms with van der Waals surface area (Å²) in [4.78, 5) is 0. The second kappa shape index (κ2) is 6.03. The van der Waals surface area contributed by atoms with Crippen molar-refractivity contribution in [1.82, 2.24) is 5.32 Å². The summed E-state index contributed by atoms with van der Waals surface area (Å²) >= 11 is 0. The van der Waals surface area contributed by atoms with Crippen LogP contribution in [0.3, 0.4) is 0 Å². The van der Waals surface area contributed by atoms with Crippen LogP contribution in [0.1, 0.15) is 25.2 Å². The van der Waals surface area contributed by atoms with Crippen molar-refractivity contribution in [3.63, 3.8) is 0 Å². The van der Waals surface area contributed by atoms with Crippen molar-refractivity contribution in [1.29, 1.82) is 0 Å². The summed E-state index contributed by atoms with van der Waals surface area (Å²) in [5.41, 5.74) is 2.21. The lowest BCUT2D eigenvalue weighted by atomic mass is 10.1. The first-order valence-electron chi connectivity index (χ1n) is 6.50.